The molecule has 21 heavy (non-hydrogen) atoms. The number of pyridine rings is 1. The molecule has 1 saturated heterocycles. The zero-order valence-corrected chi connectivity index (χ0v) is 12.4. The van der Waals surface area contributed by atoms with Crippen LogP contribution >= 0.6 is 0 Å². The molecule has 2 N–H and O–H groups in total. The number of amides is 1. The molecule has 1 amide bonds. The van der Waals surface area contributed by atoms with E-state index in [1.807, 2.05) is 31.5 Å². The van der Waals surface area contributed by atoms with Gasteiger partial charge < -0.3 is 10.1 Å². The monoisotopic (exact) mass is 289 g/mol. The first kappa shape index (κ1) is 13.8. The fourth-order valence-electron chi connectivity index (χ4n) is 2.14. The number of anilines is 1. The second-order valence-electron chi connectivity index (χ2n) is 6.16. The number of carbonyl (C=O) groups is 1. The van der Waals surface area contributed by atoms with E-state index in [-0.39, 0.29) is 0 Å². The number of nitrogens with one attached hydrogen (secondary N) is 2. The molecule has 0 unspecified atom stereocenters. The van der Waals surface area contributed by atoms with Gasteiger partial charge in [-0.05, 0) is 26.8 Å². The Labute approximate surface area is 122 Å². The highest BCUT2D eigenvalue weighted by Gasteiger charge is 2.22. The van der Waals surface area contributed by atoms with Gasteiger partial charge in [-0.2, -0.15) is 5.10 Å². The van der Waals surface area contributed by atoms with Crippen molar-refractivity contribution in [2.75, 3.05) is 18.4 Å². The van der Waals surface area contributed by atoms with Gasteiger partial charge in [-0.15, -0.1) is 0 Å². The van der Waals surface area contributed by atoms with E-state index in [9.17, 15) is 4.79 Å². The lowest BCUT2D eigenvalue weighted by Crippen LogP contribution is -2.43. The molecule has 0 bridgehead atoms. The summed E-state index contributed by atoms with van der Waals surface area (Å²) >= 11 is 0. The van der Waals surface area contributed by atoms with E-state index in [0.29, 0.717) is 11.7 Å². The van der Waals surface area contributed by atoms with Crippen molar-refractivity contribution in [3.8, 4) is 0 Å². The Morgan fingerprint density at radius 1 is 1.43 bits per heavy atom. The molecule has 7 heteroatoms. The summed E-state index contributed by atoms with van der Waals surface area (Å²) in [5, 5.41) is 11.2. The van der Waals surface area contributed by atoms with E-state index in [4.69, 9.17) is 4.74 Å². The number of rotatable bonds is 2. The SMILES string of the molecule is CC(C)(C)OC(=O)Nc1cnc2c(cnn2C2CNC2)c1. The van der Waals surface area contributed by atoms with Crippen molar-refractivity contribution in [1.82, 2.24) is 20.1 Å². The maximum atomic E-state index is 11.7. The minimum atomic E-state index is -0.524. The van der Waals surface area contributed by atoms with E-state index in [2.05, 4.69) is 20.7 Å². The van der Waals surface area contributed by atoms with Crippen molar-refractivity contribution in [3.05, 3.63) is 18.5 Å². The Hall–Kier alpha value is -2.15. The first-order valence-corrected chi connectivity index (χ1v) is 6.96. The van der Waals surface area contributed by atoms with Crippen molar-refractivity contribution in [2.24, 2.45) is 0 Å². The van der Waals surface area contributed by atoms with Gasteiger partial charge in [-0.25, -0.2) is 14.5 Å². The minimum Gasteiger partial charge on any atom is -0.444 e. The lowest BCUT2D eigenvalue weighted by Gasteiger charge is -2.27. The van der Waals surface area contributed by atoms with Gasteiger partial charge >= 0.3 is 6.09 Å². The summed E-state index contributed by atoms with van der Waals surface area (Å²) < 4.78 is 7.14. The van der Waals surface area contributed by atoms with E-state index in [0.717, 1.165) is 24.1 Å². The highest BCUT2D eigenvalue weighted by Crippen LogP contribution is 2.21. The van der Waals surface area contributed by atoms with Crippen LogP contribution in [0.1, 0.15) is 26.8 Å². The summed E-state index contributed by atoms with van der Waals surface area (Å²) in [4.78, 5) is 16.1. The molecule has 0 spiro atoms. The highest BCUT2D eigenvalue weighted by molar-refractivity contribution is 5.88. The Kier molecular flexibility index (Phi) is 3.29. The van der Waals surface area contributed by atoms with Crippen LogP contribution < -0.4 is 10.6 Å². The number of hydrogen-bond acceptors (Lipinski definition) is 5. The quantitative estimate of drug-likeness (QED) is 0.882. The van der Waals surface area contributed by atoms with Crippen LogP contribution in [-0.4, -0.2) is 39.5 Å². The third kappa shape index (κ3) is 2.97. The number of ether oxygens (including phenoxy) is 1. The van der Waals surface area contributed by atoms with Crippen LogP contribution in [0.3, 0.4) is 0 Å². The molecule has 1 fully saturated rings. The molecule has 3 heterocycles. The van der Waals surface area contributed by atoms with Crippen molar-refractivity contribution in [1.29, 1.82) is 0 Å². The van der Waals surface area contributed by atoms with Gasteiger partial charge in [0.05, 0.1) is 24.1 Å². The van der Waals surface area contributed by atoms with Gasteiger partial charge in [-0.1, -0.05) is 0 Å². The fourth-order valence-corrected chi connectivity index (χ4v) is 2.14. The topological polar surface area (TPSA) is 81.1 Å². The summed E-state index contributed by atoms with van der Waals surface area (Å²) in [5.74, 6) is 0. The molecule has 1 aliphatic heterocycles. The predicted molar refractivity (Wildman–Crippen MR) is 79.3 cm³/mol. The maximum Gasteiger partial charge on any atom is 0.412 e. The van der Waals surface area contributed by atoms with E-state index >= 15 is 0 Å². The van der Waals surface area contributed by atoms with Crippen molar-refractivity contribution < 1.29 is 9.53 Å². The minimum absolute atomic E-state index is 0.361. The van der Waals surface area contributed by atoms with E-state index < -0.39 is 11.7 Å². The van der Waals surface area contributed by atoms with Crippen LogP contribution in [0.2, 0.25) is 0 Å². The lowest BCUT2D eigenvalue weighted by atomic mass is 10.2. The van der Waals surface area contributed by atoms with Gasteiger partial charge in [0.1, 0.15) is 5.60 Å². The van der Waals surface area contributed by atoms with E-state index in [1.54, 1.807) is 12.4 Å². The summed E-state index contributed by atoms with van der Waals surface area (Å²) in [6.45, 7) is 7.30. The number of carbonyl (C=O) groups excluding carboxylic acids is 1. The summed E-state index contributed by atoms with van der Waals surface area (Å²) in [6, 6.07) is 2.21. The standard InChI is InChI=1S/C14H19N5O2/c1-14(2,3)21-13(20)18-10-4-9-5-17-19(11-7-15-8-11)12(9)16-6-10/h4-6,11,15H,7-8H2,1-3H3,(H,18,20). The Bertz CT molecular complexity index is 670. The van der Waals surface area contributed by atoms with Crippen LogP contribution in [0, 0.1) is 0 Å². The summed E-state index contributed by atoms with van der Waals surface area (Å²) in [7, 11) is 0. The van der Waals surface area contributed by atoms with Gasteiger partial charge in [0, 0.05) is 18.5 Å². The van der Waals surface area contributed by atoms with Crippen LogP contribution in [0.5, 0.6) is 0 Å². The Balaban J connectivity index is 1.77. The highest BCUT2D eigenvalue weighted by atomic mass is 16.6. The molecular formula is C14H19N5O2. The average Bonchev–Trinajstić information content (AvgIpc) is 2.67. The molecule has 0 aliphatic carbocycles. The number of fused-ring (bicyclic) bond motifs is 1. The van der Waals surface area contributed by atoms with Gasteiger partial charge in [-0.3, -0.25) is 5.32 Å². The Morgan fingerprint density at radius 2 is 2.19 bits per heavy atom. The zero-order chi connectivity index (χ0) is 15.0. The Morgan fingerprint density at radius 3 is 2.81 bits per heavy atom. The first-order valence-electron chi connectivity index (χ1n) is 6.96. The second kappa shape index (κ2) is 5.00. The average molecular weight is 289 g/mol. The second-order valence-corrected chi connectivity index (χ2v) is 6.16. The molecule has 0 atom stereocenters. The normalized spacial score (nSPS) is 15.8. The van der Waals surface area contributed by atoms with Crippen molar-refractivity contribution in [3.63, 3.8) is 0 Å². The molecule has 0 aromatic carbocycles. The third-order valence-corrected chi connectivity index (χ3v) is 3.18. The molecule has 2 aromatic heterocycles. The van der Waals surface area contributed by atoms with Crippen molar-refractivity contribution >= 4 is 22.8 Å². The maximum absolute atomic E-state index is 11.7. The van der Waals surface area contributed by atoms with Gasteiger partial charge in [0.15, 0.2) is 5.65 Å². The van der Waals surface area contributed by atoms with Crippen LogP contribution in [-0.2, 0) is 4.74 Å². The summed E-state index contributed by atoms with van der Waals surface area (Å²) in [5.41, 5.74) is 0.906. The van der Waals surface area contributed by atoms with Gasteiger partial charge in [0.2, 0.25) is 0 Å². The van der Waals surface area contributed by atoms with Crippen LogP contribution in [0.4, 0.5) is 10.5 Å². The number of aromatic nitrogens is 3. The van der Waals surface area contributed by atoms with Gasteiger partial charge in [0.25, 0.3) is 0 Å². The fraction of sp³-hybridized carbons (Fsp3) is 0.500. The van der Waals surface area contributed by atoms with Crippen LogP contribution in [0.25, 0.3) is 11.0 Å². The molecule has 112 valence electrons. The largest absolute Gasteiger partial charge is 0.444 e. The zero-order valence-electron chi connectivity index (χ0n) is 12.4. The third-order valence-electron chi connectivity index (χ3n) is 3.18. The molecule has 1 aliphatic rings. The van der Waals surface area contributed by atoms with E-state index in [1.165, 1.54) is 0 Å². The smallest absolute Gasteiger partial charge is 0.412 e. The lowest BCUT2D eigenvalue weighted by molar-refractivity contribution is 0.0636. The van der Waals surface area contributed by atoms with Crippen molar-refractivity contribution in [2.45, 2.75) is 32.4 Å². The molecule has 7 nitrogen and oxygen atoms in total. The molecule has 0 saturated carbocycles. The number of nitrogens with zero attached hydrogens (tertiary/aromatic N) is 3. The molecule has 2 aromatic rings. The molecule has 3 rings (SSSR count). The predicted octanol–water partition coefficient (Wildman–Crippen LogP) is 1.92. The summed E-state index contributed by atoms with van der Waals surface area (Å²) in [6.07, 6.45) is 2.90. The first-order chi connectivity index (χ1) is 9.92. The molecular weight excluding hydrogens is 270 g/mol. The molecule has 0 radical (unpaired) electrons. The number of hydrogen-bond donors (Lipinski definition) is 2. The van der Waals surface area contributed by atoms with Crippen LogP contribution in [0.15, 0.2) is 18.5 Å².